The predicted octanol–water partition coefficient (Wildman–Crippen LogP) is 2.75. The lowest BCUT2D eigenvalue weighted by Gasteiger charge is -2.19. The zero-order chi connectivity index (χ0) is 12.8. The Morgan fingerprint density at radius 1 is 1.53 bits per heavy atom. The molecule has 1 rings (SSSR count). The maximum absolute atomic E-state index is 11.1. The summed E-state index contributed by atoms with van der Waals surface area (Å²) < 4.78 is 0. The molecule has 2 N–H and O–H groups in total. The van der Waals surface area contributed by atoms with Crippen molar-refractivity contribution in [1.29, 1.82) is 0 Å². The minimum atomic E-state index is -0.698. The van der Waals surface area contributed by atoms with Crippen LogP contribution in [-0.4, -0.2) is 34.2 Å². The summed E-state index contributed by atoms with van der Waals surface area (Å²) in [6, 6.07) is 0.0248. The molecule has 1 fully saturated rings. The third-order valence-electron chi connectivity index (χ3n) is 3.35. The Morgan fingerprint density at radius 3 is 2.71 bits per heavy atom. The van der Waals surface area contributed by atoms with Crippen molar-refractivity contribution in [2.75, 3.05) is 5.75 Å². The molecule has 0 spiro atoms. The van der Waals surface area contributed by atoms with Crippen LogP contribution in [0.1, 0.15) is 46.5 Å². The van der Waals surface area contributed by atoms with Crippen LogP contribution >= 0.6 is 11.8 Å². The standard InChI is InChI=1S/C13H25NO2S/c1-4-5-6-11(13(15)16)14-10-7-12(9(2)3)17-8-10/h9-12,14H,4-8H2,1-3H3,(H,15,16)/t10?,11-,12?/m0/s1. The molecule has 17 heavy (non-hydrogen) atoms. The van der Waals surface area contributed by atoms with Crippen LogP contribution in [0.15, 0.2) is 0 Å². The molecule has 0 amide bonds. The van der Waals surface area contributed by atoms with E-state index >= 15 is 0 Å². The highest BCUT2D eigenvalue weighted by molar-refractivity contribution is 8.00. The van der Waals surface area contributed by atoms with Crippen molar-refractivity contribution in [3.8, 4) is 0 Å². The number of nitrogens with one attached hydrogen (secondary N) is 1. The Labute approximate surface area is 109 Å². The number of rotatable bonds is 7. The van der Waals surface area contributed by atoms with E-state index in [1.54, 1.807) is 0 Å². The summed E-state index contributed by atoms with van der Waals surface area (Å²) in [6.07, 6.45) is 3.90. The maximum Gasteiger partial charge on any atom is 0.320 e. The number of hydrogen-bond acceptors (Lipinski definition) is 3. The summed E-state index contributed by atoms with van der Waals surface area (Å²) in [5, 5.41) is 13.2. The lowest BCUT2D eigenvalue weighted by Crippen LogP contribution is -2.43. The largest absolute Gasteiger partial charge is 0.480 e. The smallest absolute Gasteiger partial charge is 0.320 e. The van der Waals surface area contributed by atoms with Crippen LogP contribution in [0.4, 0.5) is 0 Å². The first-order valence-electron chi connectivity index (χ1n) is 6.65. The van der Waals surface area contributed by atoms with E-state index in [0.29, 0.717) is 17.2 Å². The van der Waals surface area contributed by atoms with E-state index in [0.717, 1.165) is 31.4 Å². The number of carbonyl (C=O) groups is 1. The maximum atomic E-state index is 11.1. The van der Waals surface area contributed by atoms with Gasteiger partial charge in [-0.25, -0.2) is 0 Å². The second-order valence-electron chi connectivity index (χ2n) is 5.25. The van der Waals surface area contributed by atoms with Crippen molar-refractivity contribution >= 4 is 17.7 Å². The van der Waals surface area contributed by atoms with E-state index in [9.17, 15) is 4.79 Å². The molecule has 1 aliphatic heterocycles. The molecule has 1 saturated heterocycles. The third kappa shape index (κ3) is 4.88. The highest BCUT2D eigenvalue weighted by Gasteiger charge is 2.30. The van der Waals surface area contributed by atoms with Crippen LogP contribution in [0.3, 0.4) is 0 Å². The molecule has 0 radical (unpaired) electrons. The minimum absolute atomic E-state index is 0.355. The average molecular weight is 259 g/mol. The predicted molar refractivity (Wildman–Crippen MR) is 73.6 cm³/mol. The summed E-state index contributed by atoms with van der Waals surface area (Å²) in [7, 11) is 0. The van der Waals surface area contributed by atoms with Crippen LogP contribution in [0.2, 0.25) is 0 Å². The number of carboxylic acids is 1. The molecule has 2 unspecified atom stereocenters. The molecule has 1 aliphatic rings. The highest BCUT2D eigenvalue weighted by atomic mass is 32.2. The fourth-order valence-electron chi connectivity index (χ4n) is 2.21. The van der Waals surface area contributed by atoms with Crippen molar-refractivity contribution in [2.24, 2.45) is 5.92 Å². The third-order valence-corrected chi connectivity index (χ3v) is 5.11. The van der Waals surface area contributed by atoms with Gasteiger partial charge in [-0.1, -0.05) is 33.6 Å². The van der Waals surface area contributed by atoms with Crippen molar-refractivity contribution in [3.05, 3.63) is 0 Å². The van der Waals surface area contributed by atoms with Gasteiger partial charge in [0.05, 0.1) is 0 Å². The second-order valence-corrected chi connectivity index (χ2v) is 6.52. The van der Waals surface area contributed by atoms with E-state index in [2.05, 4.69) is 26.1 Å². The van der Waals surface area contributed by atoms with E-state index < -0.39 is 5.97 Å². The van der Waals surface area contributed by atoms with Crippen molar-refractivity contribution in [1.82, 2.24) is 5.32 Å². The van der Waals surface area contributed by atoms with Crippen LogP contribution in [0, 0.1) is 5.92 Å². The highest BCUT2D eigenvalue weighted by Crippen LogP contribution is 2.32. The van der Waals surface area contributed by atoms with Gasteiger partial charge in [-0.3, -0.25) is 4.79 Å². The molecular weight excluding hydrogens is 234 g/mol. The van der Waals surface area contributed by atoms with Crippen LogP contribution < -0.4 is 5.32 Å². The Bertz CT molecular complexity index is 246. The van der Waals surface area contributed by atoms with Gasteiger partial charge in [0.2, 0.25) is 0 Å². The van der Waals surface area contributed by atoms with Crippen LogP contribution in [-0.2, 0) is 4.79 Å². The molecule has 3 atom stereocenters. The Morgan fingerprint density at radius 2 is 2.24 bits per heavy atom. The Hall–Kier alpha value is -0.220. The molecule has 3 nitrogen and oxygen atoms in total. The van der Waals surface area contributed by atoms with Gasteiger partial charge in [-0.15, -0.1) is 0 Å². The fourth-order valence-corrected chi connectivity index (χ4v) is 3.67. The molecule has 0 aromatic rings. The lowest BCUT2D eigenvalue weighted by atomic mass is 10.0. The molecule has 0 aromatic carbocycles. The molecular formula is C13H25NO2S. The molecule has 0 aliphatic carbocycles. The van der Waals surface area contributed by atoms with E-state index in [4.69, 9.17) is 5.11 Å². The van der Waals surface area contributed by atoms with E-state index in [1.807, 2.05) is 11.8 Å². The molecule has 100 valence electrons. The topological polar surface area (TPSA) is 49.3 Å². The van der Waals surface area contributed by atoms with Crippen molar-refractivity contribution in [3.63, 3.8) is 0 Å². The molecule has 0 bridgehead atoms. The number of carboxylic acid groups (broad SMARTS) is 1. The summed E-state index contributed by atoms with van der Waals surface area (Å²) in [5.41, 5.74) is 0. The molecule has 4 heteroatoms. The number of aliphatic carboxylic acids is 1. The van der Waals surface area contributed by atoms with Crippen LogP contribution in [0.5, 0.6) is 0 Å². The number of unbranched alkanes of at least 4 members (excludes halogenated alkanes) is 1. The van der Waals surface area contributed by atoms with Crippen LogP contribution in [0.25, 0.3) is 0 Å². The average Bonchev–Trinajstić information content (AvgIpc) is 2.72. The van der Waals surface area contributed by atoms with Gasteiger partial charge in [0.1, 0.15) is 6.04 Å². The SMILES string of the molecule is CCCC[C@H](NC1CSC(C(C)C)C1)C(=O)O. The lowest BCUT2D eigenvalue weighted by molar-refractivity contribution is -0.139. The normalized spacial score (nSPS) is 26.4. The monoisotopic (exact) mass is 259 g/mol. The van der Waals surface area contributed by atoms with Gasteiger partial charge in [0.25, 0.3) is 0 Å². The molecule has 0 saturated carbocycles. The summed E-state index contributed by atoms with van der Waals surface area (Å²) >= 11 is 1.98. The first-order valence-corrected chi connectivity index (χ1v) is 7.70. The summed E-state index contributed by atoms with van der Waals surface area (Å²) in [5.74, 6) is 1.04. The zero-order valence-electron chi connectivity index (χ0n) is 11.1. The van der Waals surface area contributed by atoms with E-state index in [1.165, 1.54) is 0 Å². The van der Waals surface area contributed by atoms with Gasteiger partial charge < -0.3 is 10.4 Å². The van der Waals surface area contributed by atoms with Gasteiger partial charge >= 0.3 is 5.97 Å². The van der Waals surface area contributed by atoms with Gasteiger partial charge in [0, 0.05) is 17.0 Å². The number of thioether (sulfide) groups is 1. The Kier molecular flexibility index (Phi) is 6.34. The summed E-state index contributed by atoms with van der Waals surface area (Å²) in [6.45, 7) is 6.58. The summed E-state index contributed by atoms with van der Waals surface area (Å²) in [4.78, 5) is 11.1. The Balaban J connectivity index is 2.38. The minimum Gasteiger partial charge on any atom is -0.480 e. The fraction of sp³-hybridized carbons (Fsp3) is 0.923. The quantitative estimate of drug-likeness (QED) is 0.738. The first kappa shape index (κ1) is 14.8. The van der Waals surface area contributed by atoms with Gasteiger partial charge in [0.15, 0.2) is 0 Å². The number of hydrogen-bond donors (Lipinski definition) is 2. The molecule has 0 aromatic heterocycles. The van der Waals surface area contributed by atoms with E-state index in [-0.39, 0.29) is 6.04 Å². The van der Waals surface area contributed by atoms with Crippen molar-refractivity contribution in [2.45, 2.75) is 63.8 Å². The van der Waals surface area contributed by atoms with Crippen molar-refractivity contribution < 1.29 is 9.90 Å². The van der Waals surface area contributed by atoms with Gasteiger partial charge in [-0.05, 0) is 18.8 Å². The second kappa shape index (κ2) is 7.27. The van der Waals surface area contributed by atoms with Gasteiger partial charge in [-0.2, -0.15) is 11.8 Å². The zero-order valence-corrected chi connectivity index (χ0v) is 11.9. The molecule has 1 heterocycles. The first-order chi connectivity index (χ1) is 8.04.